The van der Waals surface area contributed by atoms with Crippen molar-refractivity contribution in [3.63, 3.8) is 0 Å². The third-order valence-corrected chi connectivity index (χ3v) is 6.04. The van der Waals surface area contributed by atoms with E-state index in [1.54, 1.807) is 51.1 Å². The first-order chi connectivity index (χ1) is 16.7. The fourth-order valence-corrected chi connectivity index (χ4v) is 4.68. The summed E-state index contributed by atoms with van der Waals surface area (Å²) in [6, 6.07) is 11.4. The number of alkyl halides is 3. The van der Waals surface area contributed by atoms with E-state index in [9.17, 15) is 27.6 Å². The Hall–Kier alpha value is -3.44. The van der Waals surface area contributed by atoms with E-state index in [4.69, 9.17) is 10.6 Å². The smallest absolute Gasteiger partial charge is 0.406 e. The first-order valence-corrected chi connectivity index (χ1v) is 11.3. The van der Waals surface area contributed by atoms with E-state index in [2.05, 4.69) is 4.74 Å². The van der Waals surface area contributed by atoms with Gasteiger partial charge in [-0.1, -0.05) is 36.4 Å². The van der Waals surface area contributed by atoms with Gasteiger partial charge in [0.1, 0.15) is 5.75 Å². The number of imide groups is 1. The topological polar surface area (TPSA) is 102 Å². The first kappa shape index (κ1) is 25.6. The molecule has 2 aliphatic rings. The number of hydroxylamine groups is 2. The van der Waals surface area contributed by atoms with Gasteiger partial charge in [0, 0.05) is 12.1 Å². The molecule has 11 heteroatoms. The second-order valence-corrected chi connectivity index (χ2v) is 9.83. The van der Waals surface area contributed by atoms with Gasteiger partial charge in [-0.15, -0.1) is 13.2 Å². The lowest BCUT2D eigenvalue weighted by molar-refractivity contribution is -0.274. The summed E-state index contributed by atoms with van der Waals surface area (Å²) in [5.41, 5.74) is 6.23. The van der Waals surface area contributed by atoms with Gasteiger partial charge < -0.3 is 10.5 Å². The molecule has 2 N–H and O–H groups in total. The Bertz CT molecular complexity index is 1180. The minimum Gasteiger partial charge on any atom is -0.406 e. The summed E-state index contributed by atoms with van der Waals surface area (Å²) in [4.78, 5) is 44.9. The van der Waals surface area contributed by atoms with Gasteiger partial charge in [-0.2, -0.15) is 5.06 Å². The molecule has 2 aromatic rings. The predicted octanol–water partition coefficient (Wildman–Crippen LogP) is 3.25. The minimum absolute atomic E-state index is 0.0743. The third kappa shape index (κ3) is 5.21. The van der Waals surface area contributed by atoms with Crippen molar-refractivity contribution in [2.75, 3.05) is 0 Å². The number of benzene rings is 2. The van der Waals surface area contributed by atoms with E-state index in [1.165, 1.54) is 17.2 Å². The lowest BCUT2D eigenvalue weighted by atomic mass is 9.90. The van der Waals surface area contributed by atoms with Crippen LogP contribution in [0.5, 0.6) is 5.75 Å². The molecule has 192 valence electrons. The van der Waals surface area contributed by atoms with Gasteiger partial charge in [0.25, 0.3) is 5.91 Å². The van der Waals surface area contributed by atoms with Crippen LogP contribution >= 0.6 is 0 Å². The summed E-state index contributed by atoms with van der Waals surface area (Å²) in [5, 5.41) is 1.45. The second-order valence-electron chi connectivity index (χ2n) is 9.83. The number of carbonyl (C=O) groups excluding carboxylic acids is 3. The third-order valence-electron chi connectivity index (χ3n) is 6.04. The number of hydrogen-bond donors (Lipinski definition) is 1. The number of carbonyl (C=O) groups is 3. The molecule has 2 aliphatic heterocycles. The average molecular weight is 505 g/mol. The number of halogens is 3. The molecule has 2 fully saturated rings. The maximum absolute atomic E-state index is 13.4. The largest absolute Gasteiger partial charge is 0.573 e. The highest BCUT2D eigenvalue weighted by Crippen LogP contribution is 2.47. The molecule has 3 atom stereocenters. The number of fused-ring (bicyclic) bond motifs is 1. The van der Waals surface area contributed by atoms with Crippen LogP contribution in [0.15, 0.2) is 48.5 Å². The maximum Gasteiger partial charge on any atom is 0.573 e. The molecule has 0 saturated carbocycles. The summed E-state index contributed by atoms with van der Waals surface area (Å²) in [5.74, 6) is -2.82. The Kier molecular flexibility index (Phi) is 6.56. The molecule has 2 heterocycles. The van der Waals surface area contributed by atoms with E-state index in [1.807, 2.05) is 0 Å². The number of nitrogens with two attached hydrogens (primary N) is 1. The lowest BCUT2D eigenvalue weighted by Gasteiger charge is -2.33. The first-order valence-electron chi connectivity index (χ1n) is 11.3. The Balaban J connectivity index is 1.69. The normalized spacial score (nSPS) is 22.7. The molecule has 0 aromatic heterocycles. The Morgan fingerprint density at radius 2 is 1.67 bits per heavy atom. The van der Waals surface area contributed by atoms with Crippen LogP contribution in [0.2, 0.25) is 0 Å². The van der Waals surface area contributed by atoms with E-state index in [0.29, 0.717) is 11.1 Å². The SMILES string of the molecule is CC(C)(C)N1C(=O)C2ON(Cc3ccc(CC(N)=O)cc3)C(c3cccc(OC(F)(F)F)c3)C2C1=O. The molecule has 36 heavy (non-hydrogen) atoms. The van der Waals surface area contributed by atoms with E-state index in [-0.39, 0.29) is 13.0 Å². The van der Waals surface area contributed by atoms with Crippen LogP contribution in [0.25, 0.3) is 0 Å². The Morgan fingerprint density at radius 1 is 1.03 bits per heavy atom. The van der Waals surface area contributed by atoms with Crippen LogP contribution < -0.4 is 10.5 Å². The van der Waals surface area contributed by atoms with Crippen LogP contribution in [-0.2, 0) is 32.2 Å². The molecule has 0 radical (unpaired) electrons. The van der Waals surface area contributed by atoms with Crippen molar-refractivity contribution >= 4 is 17.7 Å². The highest BCUT2D eigenvalue weighted by atomic mass is 19.4. The number of primary amides is 1. The van der Waals surface area contributed by atoms with Crippen molar-refractivity contribution in [3.05, 3.63) is 65.2 Å². The molecule has 3 amide bonds. The van der Waals surface area contributed by atoms with Crippen molar-refractivity contribution in [1.29, 1.82) is 0 Å². The molecular formula is C25H26F3N3O5. The Labute approximate surface area is 205 Å². The highest BCUT2D eigenvalue weighted by Gasteiger charge is 2.61. The van der Waals surface area contributed by atoms with Crippen LogP contribution in [0.3, 0.4) is 0 Å². The summed E-state index contributed by atoms with van der Waals surface area (Å²) in [6.07, 6.45) is -5.92. The Morgan fingerprint density at radius 3 is 2.25 bits per heavy atom. The second kappa shape index (κ2) is 9.21. The fraction of sp³-hybridized carbons (Fsp3) is 0.400. The number of hydrogen-bond acceptors (Lipinski definition) is 6. The fourth-order valence-electron chi connectivity index (χ4n) is 4.68. The minimum atomic E-state index is -4.89. The van der Waals surface area contributed by atoms with Crippen LogP contribution in [0.4, 0.5) is 13.2 Å². The van der Waals surface area contributed by atoms with E-state index >= 15 is 0 Å². The number of amides is 3. The lowest BCUT2D eigenvalue weighted by Crippen LogP contribution is -2.48. The highest BCUT2D eigenvalue weighted by molar-refractivity contribution is 6.08. The summed E-state index contributed by atoms with van der Waals surface area (Å²) < 4.78 is 42.6. The number of likely N-dealkylation sites (tertiary alicyclic amines) is 1. The summed E-state index contributed by atoms with van der Waals surface area (Å²) in [6.45, 7) is 5.31. The van der Waals surface area contributed by atoms with Gasteiger partial charge in [-0.3, -0.25) is 24.1 Å². The van der Waals surface area contributed by atoms with Gasteiger partial charge in [0.2, 0.25) is 11.8 Å². The molecule has 0 bridgehead atoms. The molecule has 4 rings (SSSR count). The molecular weight excluding hydrogens is 479 g/mol. The van der Waals surface area contributed by atoms with Gasteiger partial charge in [0.05, 0.1) is 18.4 Å². The quantitative estimate of drug-likeness (QED) is 0.605. The van der Waals surface area contributed by atoms with Gasteiger partial charge in [0.15, 0.2) is 6.10 Å². The standard InChI is InChI=1S/C25H26F3N3O5/c1-24(2,3)31-22(33)19-20(16-5-4-6-17(12-16)35-25(26,27)28)30(36-21(19)23(31)34)13-15-9-7-14(8-10-15)11-18(29)32/h4-10,12,19-21H,11,13H2,1-3H3,(H2,29,32). The number of rotatable bonds is 6. The molecule has 0 aliphatic carbocycles. The maximum atomic E-state index is 13.4. The predicted molar refractivity (Wildman–Crippen MR) is 121 cm³/mol. The zero-order valence-corrected chi connectivity index (χ0v) is 19.9. The van der Waals surface area contributed by atoms with Gasteiger partial charge >= 0.3 is 6.36 Å². The van der Waals surface area contributed by atoms with E-state index in [0.717, 1.165) is 16.5 Å². The molecule has 3 unspecified atom stereocenters. The van der Waals surface area contributed by atoms with Gasteiger partial charge in [-0.25, -0.2) is 0 Å². The molecule has 2 saturated heterocycles. The summed E-state index contributed by atoms with van der Waals surface area (Å²) in [7, 11) is 0. The van der Waals surface area contributed by atoms with Crippen molar-refractivity contribution in [2.24, 2.45) is 11.7 Å². The van der Waals surface area contributed by atoms with Crippen molar-refractivity contribution in [1.82, 2.24) is 9.96 Å². The van der Waals surface area contributed by atoms with Gasteiger partial charge in [-0.05, 0) is 49.6 Å². The molecule has 8 nitrogen and oxygen atoms in total. The zero-order valence-electron chi connectivity index (χ0n) is 19.9. The average Bonchev–Trinajstić information content (AvgIpc) is 3.22. The molecule has 2 aromatic carbocycles. The van der Waals surface area contributed by atoms with Crippen molar-refractivity contribution in [2.45, 2.75) is 57.8 Å². The zero-order chi connectivity index (χ0) is 26.4. The van der Waals surface area contributed by atoms with Crippen LogP contribution in [0.1, 0.15) is 43.5 Å². The van der Waals surface area contributed by atoms with Crippen molar-refractivity contribution < 1.29 is 37.1 Å². The van der Waals surface area contributed by atoms with Crippen LogP contribution in [0, 0.1) is 5.92 Å². The molecule has 0 spiro atoms. The van der Waals surface area contributed by atoms with E-state index < -0.39 is 53.4 Å². The summed E-state index contributed by atoms with van der Waals surface area (Å²) >= 11 is 0. The number of nitrogens with zero attached hydrogens (tertiary/aromatic N) is 2. The van der Waals surface area contributed by atoms with Crippen LogP contribution in [-0.4, -0.2) is 45.7 Å². The monoisotopic (exact) mass is 505 g/mol. The number of ether oxygens (including phenoxy) is 1. The van der Waals surface area contributed by atoms with Crippen molar-refractivity contribution in [3.8, 4) is 5.75 Å².